The number of benzene rings is 1. The molecular formula is C12H11BrO. The SMILES string of the molecule is C=CCC1C=Cc2cc(Br)ccc2O1. The molecule has 0 amide bonds. The highest BCUT2D eigenvalue weighted by atomic mass is 79.9. The van der Waals surface area contributed by atoms with Crippen molar-refractivity contribution >= 4 is 22.0 Å². The maximum atomic E-state index is 5.75. The van der Waals surface area contributed by atoms with Crippen molar-refractivity contribution < 1.29 is 4.74 Å². The molecule has 0 fully saturated rings. The standard InChI is InChI=1S/C12H11BrO/c1-2-3-11-6-4-9-8-10(13)5-7-12(9)14-11/h2,4-8,11H,1,3H2. The molecule has 1 aliphatic heterocycles. The van der Waals surface area contributed by atoms with Crippen molar-refractivity contribution in [3.05, 3.63) is 47.0 Å². The number of hydrogen-bond donors (Lipinski definition) is 0. The van der Waals surface area contributed by atoms with Crippen LogP contribution < -0.4 is 4.74 Å². The zero-order valence-corrected chi connectivity index (χ0v) is 9.33. The number of rotatable bonds is 2. The zero-order valence-electron chi connectivity index (χ0n) is 7.74. The predicted molar refractivity (Wildman–Crippen MR) is 62.4 cm³/mol. The number of halogens is 1. The Morgan fingerprint density at radius 1 is 1.50 bits per heavy atom. The summed E-state index contributed by atoms with van der Waals surface area (Å²) < 4.78 is 6.82. The molecule has 1 aromatic carbocycles. The van der Waals surface area contributed by atoms with Crippen molar-refractivity contribution in [2.75, 3.05) is 0 Å². The summed E-state index contributed by atoms with van der Waals surface area (Å²) in [7, 11) is 0. The van der Waals surface area contributed by atoms with Gasteiger partial charge in [-0.05, 0) is 24.3 Å². The summed E-state index contributed by atoms with van der Waals surface area (Å²) in [6.45, 7) is 3.70. The third-order valence-corrected chi connectivity index (χ3v) is 2.63. The summed E-state index contributed by atoms with van der Waals surface area (Å²) in [6.07, 6.45) is 7.03. The van der Waals surface area contributed by atoms with Gasteiger partial charge in [0, 0.05) is 16.5 Å². The van der Waals surface area contributed by atoms with Gasteiger partial charge in [-0.25, -0.2) is 0 Å². The van der Waals surface area contributed by atoms with E-state index < -0.39 is 0 Å². The minimum atomic E-state index is 0.140. The third kappa shape index (κ3) is 1.90. The summed E-state index contributed by atoms with van der Waals surface area (Å²) >= 11 is 3.43. The van der Waals surface area contributed by atoms with Crippen molar-refractivity contribution in [3.63, 3.8) is 0 Å². The highest BCUT2D eigenvalue weighted by Crippen LogP contribution is 2.29. The van der Waals surface area contributed by atoms with Crippen molar-refractivity contribution in [2.45, 2.75) is 12.5 Å². The van der Waals surface area contributed by atoms with E-state index in [9.17, 15) is 0 Å². The van der Waals surface area contributed by atoms with E-state index in [2.05, 4.69) is 40.7 Å². The lowest BCUT2D eigenvalue weighted by Gasteiger charge is -2.20. The van der Waals surface area contributed by atoms with Gasteiger partial charge in [-0.1, -0.05) is 28.1 Å². The molecule has 1 aromatic rings. The van der Waals surface area contributed by atoms with Crippen molar-refractivity contribution in [2.24, 2.45) is 0 Å². The molecule has 2 rings (SSSR count). The maximum absolute atomic E-state index is 5.75. The van der Waals surface area contributed by atoms with Crippen LogP contribution in [0.5, 0.6) is 5.75 Å². The lowest BCUT2D eigenvalue weighted by atomic mass is 10.1. The summed E-state index contributed by atoms with van der Waals surface area (Å²) in [6, 6.07) is 6.03. The molecule has 0 saturated carbocycles. The Labute approximate surface area is 92.2 Å². The Morgan fingerprint density at radius 3 is 3.14 bits per heavy atom. The highest BCUT2D eigenvalue weighted by Gasteiger charge is 2.12. The van der Waals surface area contributed by atoms with E-state index in [4.69, 9.17) is 4.74 Å². The minimum absolute atomic E-state index is 0.140. The van der Waals surface area contributed by atoms with Crippen LogP contribution in [0.15, 0.2) is 41.4 Å². The minimum Gasteiger partial charge on any atom is -0.485 e. The predicted octanol–water partition coefficient (Wildman–Crippen LogP) is 3.80. The van der Waals surface area contributed by atoms with Crippen LogP contribution in [-0.4, -0.2) is 6.10 Å². The highest BCUT2D eigenvalue weighted by molar-refractivity contribution is 9.10. The lowest BCUT2D eigenvalue weighted by Crippen LogP contribution is -2.15. The molecule has 2 heteroatoms. The second kappa shape index (κ2) is 4.01. The average Bonchev–Trinajstić information content (AvgIpc) is 2.19. The van der Waals surface area contributed by atoms with Crippen LogP contribution in [-0.2, 0) is 0 Å². The lowest BCUT2D eigenvalue weighted by molar-refractivity contribution is 0.249. The Balaban J connectivity index is 2.26. The summed E-state index contributed by atoms with van der Waals surface area (Å²) in [5, 5.41) is 0. The van der Waals surface area contributed by atoms with Crippen LogP contribution in [0.4, 0.5) is 0 Å². The third-order valence-electron chi connectivity index (χ3n) is 2.14. The number of ether oxygens (including phenoxy) is 1. The first-order chi connectivity index (χ1) is 6.79. The molecule has 0 bridgehead atoms. The van der Waals surface area contributed by atoms with E-state index in [1.807, 2.05) is 18.2 Å². The Bertz CT molecular complexity index is 382. The largest absolute Gasteiger partial charge is 0.485 e. The number of fused-ring (bicyclic) bond motifs is 1. The van der Waals surface area contributed by atoms with Gasteiger partial charge >= 0.3 is 0 Å². The summed E-state index contributed by atoms with van der Waals surface area (Å²) in [5.41, 5.74) is 1.12. The quantitative estimate of drug-likeness (QED) is 0.726. The van der Waals surface area contributed by atoms with E-state index in [0.29, 0.717) is 0 Å². The summed E-state index contributed by atoms with van der Waals surface area (Å²) in [4.78, 5) is 0. The zero-order chi connectivity index (χ0) is 9.97. The van der Waals surface area contributed by atoms with Crippen molar-refractivity contribution in [3.8, 4) is 5.75 Å². The van der Waals surface area contributed by atoms with Gasteiger partial charge in [-0.3, -0.25) is 0 Å². The van der Waals surface area contributed by atoms with Gasteiger partial charge in [0.15, 0.2) is 0 Å². The summed E-state index contributed by atoms with van der Waals surface area (Å²) in [5.74, 6) is 0.947. The van der Waals surface area contributed by atoms with Crippen LogP contribution in [0.3, 0.4) is 0 Å². The van der Waals surface area contributed by atoms with Crippen LogP contribution >= 0.6 is 15.9 Å². The molecule has 1 nitrogen and oxygen atoms in total. The molecule has 0 radical (unpaired) electrons. The van der Waals surface area contributed by atoms with E-state index in [1.54, 1.807) is 0 Å². The van der Waals surface area contributed by atoms with E-state index in [0.717, 1.165) is 22.2 Å². The van der Waals surface area contributed by atoms with Crippen LogP contribution in [0.1, 0.15) is 12.0 Å². The van der Waals surface area contributed by atoms with Gasteiger partial charge in [-0.2, -0.15) is 0 Å². The van der Waals surface area contributed by atoms with Crippen LogP contribution in [0.25, 0.3) is 6.08 Å². The van der Waals surface area contributed by atoms with Gasteiger partial charge in [0.05, 0.1) is 0 Å². The molecule has 0 aliphatic carbocycles. The van der Waals surface area contributed by atoms with E-state index in [-0.39, 0.29) is 6.10 Å². The first-order valence-electron chi connectivity index (χ1n) is 4.55. The van der Waals surface area contributed by atoms with E-state index in [1.165, 1.54) is 0 Å². The molecule has 0 aromatic heterocycles. The second-order valence-electron chi connectivity index (χ2n) is 3.22. The Hall–Kier alpha value is -1.02. The maximum Gasteiger partial charge on any atom is 0.127 e. The molecule has 72 valence electrons. The fourth-order valence-corrected chi connectivity index (χ4v) is 1.84. The monoisotopic (exact) mass is 250 g/mol. The molecule has 1 unspecified atom stereocenters. The van der Waals surface area contributed by atoms with Crippen LogP contribution in [0.2, 0.25) is 0 Å². The molecule has 1 heterocycles. The van der Waals surface area contributed by atoms with Gasteiger partial charge in [0.2, 0.25) is 0 Å². The van der Waals surface area contributed by atoms with Crippen molar-refractivity contribution in [1.82, 2.24) is 0 Å². The molecule has 0 saturated heterocycles. The molecular weight excluding hydrogens is 240 g/mol. The first-order valence-corrected chi connectivity index (χ1v) is 5.34. The van der Waals surface area contributed by atoms with Gasteiger partial charge in [0.1, 0.15) is 11.9 Å². The smallest absolute Gasteiger partial charge is 0.127 e. The van der Waals surface area contributed by atoms with E-state index >= 15 is 0 Å². The first kappa shape index (κ1) is 9.53. The second-order valence-corrected chi connectivity index (χ2v) is 4.14. The fraction of sp³-hybridized carbons (Fsp3) is 0.167. The Kier molecular flexibility index (Phi) is 2.73. The number of hydrogen-bond acceptors (Lipinski definition) is 1. The van der Waals surface area contributed by atoms with Crippen LogP contribution in [0, 0.1) is 0 Å². The molecule has 14 heavy (non-hydrogen) atoms. The average molecular weight is 251 g/mol. The van der Waals surface area contributed by atoms with Gasteiger partial charge < -0.3 is 4.74 Å². The van der Waals surface area contributed by atoms with Gasteiger partial charge in [-0.15, -0.1) is 6.58 Å². The molecule has 0 spiro atoms. The van der Waals surface area contributed by atoms with Crippen molar-refractivity contribution in [1.29, 1.82) is 0 Å². The molecule has 1 atom stereocenters. The normalized spacial score (nSPS) is 18.5. The topological polar surface area (TPSA) is 9.23 Å². The molecule has 0 N–H and O–H groups in total. The molecule has 1 aliphatic rings. The fourth-order valence-electron chi connectivity index (χ4n) is 1.46. The van der Waals surface area contributed by atoms with Gasteiger partial charge in [0.25, 0.3) is 0 Å². The Morgan fingerprint density at radius 2 is 2.36 bits per heavy atom.